The van der Waals surface area contributed by atoms with Crippen molar-refractivity contribution in [2.75, 3.05) is 13.2 Å². The Hall–Kier alpha value is -1.07. The van der Waals surface area contributed by atoms with Gasteiger partial charge in [-0.3, -0.25) is 5.32 Å². The van der Waals surface area contributed by atoms with Crippen LogP contribution >= 0.6 is 0 Å². The van der Waals surface area contributed by atoms with Crippen LogP contribution in [0.5, 0.6) is 0 Å². The quantitative estimate of drug-likeness (QED) is 0.779. The van der Waals surface area contributed by atoms with Gasteiger partial charge in [-0.2, -0.15) is 13.2 Å². The highest BCUT2D eigenvalue weighted by atomic mass is 19.4. The summed E-state index contributed by atoms with van der Waals surface area (Å²) in [6.45, 7) is 1.20. The maximum Gasteiger partial charge on any atom is 0.416 e. The molecule has 1 heterocycles. The molecule has 0 aromatic heterocycles. The highest BCUT2D eigenvalue weighted by Crippen LogP contribution is 2.31. The predicted octanol–water partition coefficient (Wildman–Crippen LogP) is 2.32. The summed E-state index contributed by atoms with van der Waals surface area (Å²) >= 11 is 0. The molecule has 0 spiro atoms. The first-order chi connectivity index (χ1) is 7.07. The molecule has 0 aliphatic carbocycles. The number of benzene rings is 1. The summed E-state index contributed by atoms with van der Waals surface area (Å²) in [5.74, 6) is 0. The van der Waals surface area contributed by atoms with Crippen molar-refractivity contribution in [1.29, 1.82) is 0 Å². The molecule has 15 heavy (non-hydrogen) atoms. The number of halogens is 3. The van der Waals surface area contributed by atoms with E-state index in [1.165, 1.54) is 6.07 Å². The van der Waals surface area contributed by atoms with E-state index in [-0.39, 0.29) is 0 Å². The van der Waals surface area contributed by atoms with Gasteiger partial charge >= 0.3 is 6.18 Å². The molecule has 1 fully saturated rings. The highest BCUT2D eigenvalue weighted by molar-refractivity contribution is 5.27. The SMILES string of the molecule is FC(F)(F)c1cccc(C2NCCO2)c1. The normalized spacial score (nSPS) is 21.9. The second kappa shape index (κ2) is 3.83. The van der Waals surface area contributed by atoms with Crippen molar-refractivity contribution in [2.45, 2.75) is 12.4 Å². The molecule has 1 aromatic carbocycles. The summed E-state index contributed by atoms with van der Waals surface area (Å²) in [6.07, 6.45) is -4.71. The molecule has 0 radical (unpaired) electrons. The van der Waals surface area contributed by atoms with Gasteiger partial charge in [0.15, 0.2) is 0 Å². The first kappa shape index (κ1) is 10.4. The zero-order chi connectivity index (χ0) is 10.9. The van der Waals surface area contributed by atoms with Gasteiger partial charge in [0, 0.05) is 6.54 Å². The van der Waals surface area contributed by atoms with Crippen molar-refractivity contribution in [2.24, 2.45) is 0 Å². The number of rotatable bonds is 1. The first-order valence-corrected chi connectivity index (χ1v) is 4.59. The Morgan fingerprint density at radius 2 is 2.13 bits per heavy atom. The van der Waals surface area contributed by atoms with E-state index in [9.17, 15) is 13.2 Å². The molecule has 1 saturated heterocycles. The fourth-order valence-electron chi connectivity index (χ4n) is 1.52. The van der Waals surface area contributed by atoms with Gasteiger partial charge in [-0.05, 0) is 17.7 Å². The molecule has 0 bridgehead atoms. The zero-order valence-corrected chi connectivity index (χ0v) is 7.84. The Bertz CT molecular complexity index is 345. The lowest BCUT2D eigenvalue weighted by molar-refractivity contribution is -0.137. The van der Waals surface area contributed by atoms with Crippen LogP contribution in [0.15, 0.2) is 24.3 Å². The monoisotopic (exact) mass is 217 g/mol. The van der Waals surface area contributed by atoms with E-state index in [2.05, 4.69) is 5.32 Å². The summed E-state index contributed by atoms with van der Waals surface area (Å²) in [7, 11) is 0. The molecule has 0 saturated carbocycles. The molecule has 1 N–H and O–H groups in total. The summed E-state index contributed by atoms with van der Waals surface area (Å²) in [6, 6.07) is 5.18. The van der Waals surface area contributed by atoms with E-state index < -0.39 is 18.0 Å². The van der Waals surface area contributed by atoms with Crippen molar-refractivity contribution in [3.05, 3.63) is 35.4 Å². The summed E-state index contributed by atoms with van der Waals surface area (Å²) in [5.41, 5.74) is -0.125. The van der Waals surface area contributed by atoms with E-state index in [1.54, 1.807) is 6.07 Å². The number of alkyl halides is 3. The Morgan fingerprint density at radius 3 is 2.73 bits per heavy atom. The molecule has 2 nitrogen and oxygen atoms in total. The number of nitrogens with one attached hydrogen (secondary N) is 1. The molecule has 1 aliphatic rings. The van der Waals surface area contributed by atoms with Crippen LogP contribution in [-0.4, -0.2) is 13.2 Å². The van der Waals surface area contributed by atoms with Crippen LogP contribution in [0.3, 0.4) is 0 Å². The minimum atomic E-state index is -4.30. The third kappa shape index (κ3) is 2.30. The second-order valence-corrected chi connectivity index (χ2v) is 3.33. The zero-order valence-electron chi connectivity index (χ0n) is 7.84. The van der Waals surface area contributed by atoms with Gasteiger partial charge in [-0.1, -0.05) is 12.1 Å². The van der Waals surface area contributed by atoms with Crippen molar-refractivity contribution < 1.29 is 17.9 Å². The largest absolute Gasteiger partial charge is 0.416 e. The van der Waals surface area contributed by atoms with Crippen LogP contribution in [0, 0.1) is 0 Å². The average Bonchev–Trinajstić information content (AvgIpc) is 2.69. The van der Waals surface area contributed by atoms with E-state index in [0.717, 1.165) is 12.1 Å². The average molecular weight is 217 g/mol. The van der Waals surface area contributed by atoms with Gasteiger partial charge in [0.05, 0.1) is 12.2 Å². The molecule has 1 aliphatic heterocycles. The molecule has 1 unspecified atom stereocenters. The van der Waals surface area contributed by atoms with Crippen molar-refractivity contribution in [1.82, 2.24) is 5.32 Å². The molecule has 1 aromatic rings. The lowest BCUT2D eigenvalue weighted by atomic mass is 10.1. The van der Waals surface area contributed by atoms with Gasteiger partial charge in [-0.25, -0.2) is 0 Å². The van der Waals surface area contributed by atoms with E-state index in [1.807, 2.05) is 0 Å². The summed E-state index contributed by atoms with van der Waals surface area (Å²) in [4.78, 5) is 0. The summed E-state index contributed by atoms with van der Waals surface area (Å²) < 4.78 is 42.4. The molecule has 1 atom stereocenters. The lowest BCUT2D eigenvalue weighted by Crippen LogP contribution is -2.15. The number of ether oxygens (including phenoxy) is 1. The summed E-state index contributed by atoms with van der Waals surface area (Å²) in [5, 5.41) is 2.96. The molecular formula is C10H10F3NO. The molecule has 82 valence electrons. The highest BCUT2D eigenvalue weighted by Gasteiger charge is 2.31. The van der Waals surface area contributed by atoms with Crippen LogP contribution in [0.1, 0.15) is 17.4 Å². The smallest absolute Gasteiger partial charge is 0.358 e. The lowest BCUT2D eigenvalue weighted by Gasteiger charge is -2.13. The Kier molecular flexibility index (Phi) is 2.67. The fourth-order valence-corrected chi connectivity index (χ4v) is 1.52. The van der Waals surface area contributed by atoms with Crippen molar-refractivity contribution in [3.8, 4) is 0 Å². The Labute approximate surface area is 85.0 Å². The van der Waals surface area contributed by atoms with E-state index >= 15 is 0 Å². The number of hydrogen-bond donors (Lipinski definition) is 1. The minimum absolute atomic E-state index is 0.410. The van der Waals surface area contributed by atoms with Crippen molar-refractivity contribution >= 4 is 0 Å². The molecule has 2 rings (SSSR count). The molecular weight excluding hydrogens is 207 g/mol. The Balaban J connectivity index is 2.26. The van der Waals surface area contributed by atoms with Gasteiger partial charge in [-0.15, -0.1) is 0 Å². The Morgan fingerprint density at radius 1 is 1.33 bits per heavy atom. The topological polar surface area (TPSA) is 21.3 Å². The predicted molar refractivity (Wildman–Crippen MR) is 48.1 cm³/mol. The van der Waals surface area contributed by atoms with Gasteiger partial charge in [0.1, 0.15) is 6.23 Å². The van der Waals surface area contributed by atoms with Crippen LogP contribution < -0.4 is 5.32 Å². The minimum Gasteiger partial charge on any atom is -0.358 e. The second-order valence-electron chi connectivity index (χ2n) is 3.33. The maximum atomic E-state index is 12.4. The molecule has 0 amide bonds. The van der Waals surface area contributed by atoms with Crippen molar-refractivity contribution in [3.63, 3.8) is 0 Å². The van der Waals surface area contributed by atoms with E-state index in [4.69, 9.17) is 4.74 Å². The van der Waals surface area contributed by atoms with Crippen LogP contribution in [0.4, 0.5) is 13.2 Å². The van der Waals surface area contributed by atoms with Crippen LogP contribution in [0.2, 0.25) is 0 Å². The van der Waals surface area contributed by atoms with Crippen LogP contribution in [0.25, 0.3) is 0 Å². The van der Waals surface area contributed by atoms with Crippen LogP contribution in [-0.2, 0) is 10.9 Å². The van der Waals surface area contributed by atoms with Gasteiger partial charge in [0.25, 0.3) is 0 Å². The van der Waals surface area contributed by atoms with Gasteiger partial charge in [0.2, 0.25) is 0 Å². The fraction of sp³-hybridized carbons (Fsp3) is 0.400. The van der Waals surface area contributed by atoms with Gasteiger partial charge < -0.3 is 4.74 Å². The van der Waals surface area contributed by atoms with E-state index in [0.29, 0.717) is 18.7 Å². The standard InChI is InChI=1S/C10H10F3NO/c11-10(12,13)8-3-1-2-7(6-8)9-14-4-5-15-9/h1-3,6,9,14H,4-5H2. The maximum absolute atomic E-state index is 12.4. The third-order valence-electron chi connectivity index (χ3n) is 2.23. The molecule has 5 heteroatoms. The third-order valence-corrected chi connectivity index (χ3v) is 2.23. The first-order valence-electron chi connectivity index (χ1n) is 4.59. The number of hydrogen-bond acceptors (Lipinski definition) is 2.